The van der Waals surface area contributed by atoms with Crippen LogP contribution >= 0.6 is 23.2 Å². The Morgan fingerprint density at radius 1 is 1.09 bits per heavy atom. The van der Waals surface area contributed by atoms with Crippen LogP contribution in [0, 0.1) is 0 Å². The summed E-state index contributed by atoms with van der Waals surface area (Å²) in [5, 5.41) is 3.68. The number of halogens is 2. The zero-order valence-electron chi connectivity index (χ0n) is 13.0. The first-order valence-electron chi connectivity index (χ1n) is 6.94. The van der Waals surface area contributed by atoms with Crippen molar-refractivity contribution in [2.75, 3.05) is 14.2 Å². The van der Waals surface area contributed by atoms with E-state index >= 15 is 0 Å². The van der Waals surface area contributed by atoms with Crippen LogP contribution in [0.2, 0.25) is 10.0 Å². The molecule has 2 aromatic carbocycles. The molecule has 2 aromatic rings. The highest BCUT2D eigenvalue weighted by Crippen LogP contribution is 2.30. The zero-order valence-corrected chi connectivity index (χ0v) is 14.5. The van der Waals surface area contributed by atoms with E-state index in [0.717, 1.165) is 5.56 Å². The van der Waals surface area contributed by atoms with Crippen molar-refractivity contribution < 1.29 is 14.3 Å². The van der Waals surface area contributed by atoms with Gasteiger partial charge in [-0.15, -0.1) is 0 Å². The van der Waals surface area contributed by atoms with Gasteiger partial charge in [0.2, 0.25) is 0 Å². The molecule has 4 nitrogen and oxygen atoms in total. The van der Waals surface area contributed by atoms with Crippen molar-refractivity contribution in [2.45, 2.75) is 13.0 Å². The molecule has 0 unspecified atom stereocenters. The third kappa shape index (κ3) is 4.09. The van der Waals surface area contributed by atoms with Crippen molar-refractivity contribution in [3.63, 3.8) is 0 Å². The lowest BCUT2D eigenvalue weighted by atomic mass is 10.1. The Hall–Kier alpha value is -1.91. The van der Waals surface area contributed by atoms with Gasteiger partial charge in [0.1, 0.15) is 11.5 Å². The summed E-state index contributed by atoms with van der Waals surface area (Å²) in [4.78, 5) is 12.4. The largest absolute Gasteiger partial charge is 0.497 e. The van der Waals surface area contributed by atoms with E-state index in [1.54, 1.807) is 38.5 Å². The Kier molecular flexibility index (Phi) is 5.74. The van der Waals surface area contributed by atoms with Gasteiger partial charge in [0.25, 0.3) is 5.91 Å². The summed E-state index contributed by atoms with van der Waals surface area (Å²) in [6, 6.07) is 9.88. The zero-order chi connectivity index (χ0) is 17.0. The normalized spacial score (nSPS) is 11.7. The summed E-state index contributed by atoms with van der Waals surface area (Å²) in [6.45, 7) is 1.86. The number of benzene rings is 2. The molecule has 1 atom stereocenters. The molecule has 23 heavy (non-hydrogen) atoms. The van der Waals surface area contributed by atoms with Crippen LogP contribution in [0.25, 0.3) is 0 Å². The predicted molar refractivity (Wildman–Crippen MR) is 91.9 cm³/mol. The van der Waals surface area contributed by atoms with Crippen LogP contribution < -0.4 is 14.8 Å². The summed E-state index contributed by atoms with van der Waals surface area (Å²) in [5.41, 5.74) is 1.18. The Bertz CT molecular complexity index is 719. The molecule has 0 heterocycles. The minimum absolute atomic E-state index is 0.288. The van der Waals surface area contributed by atoms with Gasteiger partial charge in [-0.3, -0.25) is 4.79 Å². The first-order chi connectivity index (χ1) is 11.0. The van der Waals surface area contributed by atoms with E-state index in [2.05, 4.69) is 5.32 Å². The highest BCUT2D eigenvalue weighted by molar-refractivity contribution is 6.36. The summed E-state index contributed by atoms with van der Waals surface area (Å²) in [7, 11) is 3.16. The summed E-state index contributed by atoms with van der Waals surface area (Å²) < 4.78 is 10.6. The van der Waals surface area contributed by atoms with Crippen LogP contribution in [0.5, 0.6) is 11.5 Å². The molecule has 0 bridgehead atoms. The Morgan fingerprint density at radius 2 is 1.83 bits per heavy atom. The maximum atomic E-state index is 12.4. The van der Waals surface area contributed by atoms with E-state index in [1.807, 2.05) is 13.0 Å². The van der Waals surface area contributed by atoms with Crippen molar-refractivity contribution in [1.82, 2.24) is 5.32 Å². The van der Waals surface area contributed by atoms with Crippen molar-refractivity contribution >= 4 is 29.1 Å². The van der Waals surface area contributed by atoms with Gasteiger partial charge in [0, 0.05) is 10.6 Å². The van der Waals surface area contributed by atoms with Crippen molar-refractivity contribution in [3.05, 3.63) is 57.6 Å². The number of hydrogen-bond donors (Lipinski definition) is 1. The molecule has 2 rings (SSSR count). The maximum absolute atomic E-state index is 12.4. The average Bonchev–Trinajstić information content (AvgIpc) is 2.53. The molecular weight excluding hydrogens is 337 g/mol. The first kappa shape index (κ1) is 17.4. The lowest BCUT2D eigenvalue weighted by Crippen LogP contribution is -2.27. The van der Waals surface area contributed by atoms with Crippen LogP contribution in [-0.4, -0.2) is 20.1 Å². The third-order valence-corrected chi connectivity index (χ3v) is 3.97. The number of ether oxygens (including phenoxy) is 2. The van der Waals surface area contributed by atoms with E-state index in [0.29, 0.717) is 27.1 Å². The number of amides is 1. The summed E-state index contributed by atoms with van der Waals surface area (Å²) >= 11 is 11.9. The van der Waals surface area contributed by atoms with E-state index in [-0.39, 0.29) is 11.9 Å². The predicted octanol–water partition coefficient (Wildman–Crippen LogP) is 4.50. The fourth-order valence-corrected chi connectivity index (χ4v) is 2.70. The second-order valence-electron chi connectivity index (χ2n) is 4.93. The first-order valence-corrected chi connectivity index (χ1v) is 7.69. The second kappa shape index (κ2) is 7.57. The van der Waals surface area contributed by atoms with E-state index in [4.69, 9.17) is 32.7 Å². The molecule has 0 saturated heterocycles. The molecule has 0 aromatic heterocycles. The molecule has 0 aliphatic rings. The molecule has 122 valence electrons. The second-order valence-corrected chi connectivity index (χ2v) is 5.77. The van der Waals surface area contributed by atoms with Gasteiger partial charge in [-0.05, 0) is 43.3 Å². The number of nitrogens with one attached hydrogen (secondary N) is 1. The molecule has 0 aliphatic carbocycles. The maximum Gasteiger partial charge on any atom is 0.253 e. The quantitative estimate of drug-likeness (QED) is 0.860. The monoisotopic (exact) mass is 353 g/mol. The number of rotatable bonds is 5. The van der Waals surface area contributed by atoms with E-state index < -0.39 is 0 Å². The molecule has 0 aliphatic heterocycles. The lowest BCUT2D eigenvalue weighted by Gasteiger charge is -2.18. The van der Waals surface area contributed by atoms with Crippen molar-refractivity contribution in [1.29, 1.82) is 0 Å². The van der Waals surface area contributed by atoms with Gasteiger partial charge in [0.15, 0.2) is 0 Å². The minimum Gasteiger partial charge on any atom is -0.497 e. The highest BCUT2D eigenvalue weighted by Gasteiger charge is 2.18. The Balaban J connectivity index is 2.24. The van der Waals surface area contributed by atoms with Gasteiger partial charge in [0.05, 0.1) is 30.8 Å². The van der Waals surface area contributed by atoms with E-state index in [1.165, 1.54) is 6.07 Å². The summed E-state index contributed by atoms with van der Waals surface area (Å²) in [5.74, 6) is 1.07. The van der Waals surface area contributed by atoms with Crippen LogP contribution in [0.3, 0.4) is 0 Å². The standard InChI is InChI=1S/C17H17Cl2NO3/c1-10(14-9-12(22-2)5-7-16(14)23-3)20-17(21)13-6-4-11(18)8-15(13)19/h4-10H,1-3H3,(H,20,21)/t10-/m0/s1. The molecule has 0 spiro atoms. The summed E-state index contributed by atoms with van der Waals surface area (Å²) in [6.07, 6.45) is 0. The van der Waals surface area contributed by atoms with Gasteiger partial charge < -0.3 is 14.8 Å². The lowest BCUT2D eigenvalue weighted by molar-refractivity contribution is 0.0939. The fraction of sp³-hybridized carbons (Fsp3) is 0.235. The molecule has 0 radical (unpaired) electrons. The molecule has 1 amide bonds. The Labute approximate surface area is 145 Å². The van der Waals surface area contributed by atoms with Gasteiger partial charge >= 0.3 is 0 Å². The van der Waals surface area contributed by atoms with Gasteiger partial charge in [-0.2, -0.15) is 0 Å². The number of carbonyl (C=O) groups excluding carboxylic acids is 1. The van der Waals surface area contributed by atoms with Crippen molar-refractivity contribution in [2.24, 2.45) is 0 Å². The third-order valence-electron chi connectivity index (χ3n) is 3.43. The fourth-order valence-electron chi connectivity index (χ4n) is 2.20. The van der Waals surface area contributed by atoms with Crippen LogP contribution in [0.15, 0.2) is 36.4 Å². The molecular formula is C17H17Cl2NO3. The highest BCUT2D eigenvalue weighted by atomic mass is 35.5. The molecule has 0 saturated carbocycles. The van der Waals surface area contributed by atoms with Crippen LogP contribution in [-0.2, 0) is 0 Å². The van der Waals surface area contributed by atoms with Crippen molar-refractivity contribution in [3.8, 4) is 11.5 Å². The average molecular weight is 354 g/mol. The van der Waals surface area contributed by atoms with E-state index in [9.17, 15) is 4.79 Å². The minimum atomic E-state index is -0.292. The number of methoxy groups -OCH3 is 2. The number of carbonyl (C=O) groups is 1. The van der Waals surface area contributed by atoms with Gasteiger partial charge in [-0.1, -0.05) is 23.2 Å². The van der Waals surface area contributed by atoms with Gasteiger partial charge in [-0.25, -0.2) is 0 Å². The number of hydrogen-bond acceptors (Lipinski definition) is 3. The smallest absolute Gasteiger partial charge is 0.253 e. The topological polar surface area (TPSA) is 47.6 Å². The van der Waals surface area contributed by atoms with Crippen LogP contribution in [0.1, 0.15) is 28.9 Å². The molecule has 1 N–H and O–H groups in total. The Morgan fingerprint density at radius 3 is 2.43 bits per heavy atom. The van der Waals surface area contributed by atoms with Crippen LogP contribution in [0.4, 0.5) is 0 Å². The SMILES string of the molecule is COc1ccc(OC)c([C@H](C)NC(=O)c2ccc(Cl)cc2Cl)c1. The molecule has 6 heteroatoms. The molecule has 0 fully saturated rings.